The summed E-state index contributed by atoms with van der Waals surface area (Å²) in [5, 5.41) is 16.7. The molecule has 0 aliphatic rings. The van der Waals surface area contributed by atoms with Crippen LogP contribution in [-0.2, 0) is 6.42 Å². The smallest absolute Gasteiger partial charge is 0.134 e. The Morgan fingerprint density at radius 1 is 1.10 bits per heavy atom. The predicted octanol–water partition coefficient (Wildman–Crippen LogP) is 3.95. The van der Waals surface area contributed by atoms with E-state index in [0.717, 1.165) is 23.0 Å². The number of fused-ring (bicyclic) bond motifs is 1. The van der Waals surface area contributed by atoms with Gasteiger partial charge in [0.2, 0.25) is 0 Å². The third-order valence-corrected chi connectivity index (χ3v) is 4.64. The minimum absolute atomic E-state index is 0.276. The monoisotopic (exact) mass is 297 g/mol. The van der Waals surface area contributed by atoms with Gasteiger partial charge in [0.15, 0.2) is 0 Å². The lowest BCUT2D eigenvalue weighted by Gasteiger charge is -2.06. The van der Waals surface area contributed by atoms with Crippen molar-refractivity contribution in [1.29, 1.82) is 0 Å². The summed E-state index contributed by atoms with van der Waals surface area (Å²) in [5.41, 5.74) is 1.28. The molecule has 0 aliphatic carbocycles. The Balaban J connectivity index is 1.78. The molecule has 2 aromatic carbocycles. The van der Waals surface area contributed by atoms with Crippen molar-refractivity contribution >= 4 is 22.1 Å². The highest BCUT2D eigenvalue weighted by Crippen LogP contribution is 2.22. The highest BCUT2D eigenvalue weighted by atomic mass is 32.1. The number of benzene rings is 2. The third kappa shape index (κ3) is 3.28. The van der Waals surface area contributed by atoms with E-state index in [1.807, 2.05) is 0 Å². The molecule has 0 amide bonds. The van der Waals surface area contributed by atoms with Gasteiger partial charge in [-0.2, -0.15) is 0 Å². The number of nitrogens with one attached hydrogen (secondary N) is 1. The quantitative estimate of drug-likeness (QED) is 0.775. The Kier molecular flexibility index (Phi) is 4.27. The maximum Gasteiger partial charge on any atom is 0.134 e. The van der Waals surface area contributed by atoms with E-state index in [9.17, 15) is 0 Å². The van der Waals surface area contributed by atoms with Crippen molar-refractivity contribution in [3.8, 4) is 0 Å². The van der Waals surface area contributed by atoms with Crippen LogP contribution in [0.2, 0.25) is 0 Å². The van der Waals surface area contributed by atoms with Crippen molar-refractivity contribution in [3.05, 3.63) is 58.0 Å². The molecule has 0 radical (unpaired) electrons. The Labute approximate surface area is 129 Å². The molecule has 0 fully saturated rings. The number of aromatic nitrogens is 2. The van der Waals surface area contributed by atoms with Crippen molar-refractivity contribution in [2.75, 3.05) is 6.54 Å². The van der Waals surface area contributed by atoms with E-state index in [2.05, 4.69) is 71.8 Å². The van der Waals surface area contributed by atoms with Crippen LogP contribution in [-0.4, -0.2) is 16.7 Å². The van der Waals surface area contributed by atoms with Gasteiger partial charge in [-0.15, -0.1) is 10.2 Å². The van der Waals surface area contributed by atoms with Crippen molar-refractivity contribution in [1.82, 2.24) is 15.5 Å². The molecular formula is C17H19N3S. The van der Waals surface area contributed by atoms with E-state index < -0.39 is 0 Å². The van der Waals surface area contributed by atoms with Crippen LogP contribution in [0.5, 0.6) is 0 Å². The van der Waals surface area contributed by atoms with Crippen molar-refractivity contribution in [2.24, 2.45) is 0 Å². The maximum absolute atomic E-state index is 4.32. The van der Waals surface area contributed by atoms with E-state index in [-0.39, 0.29) is 6.04 Å². The molecule has 1 N–H and O–H groups in total. The number of hydrogen-bond donors (Lipinski definition) is 1. The Morgan fingerprint density at radius 2 is 1.90 bits per heavy atom. The van der Waals surface area contributed by atoms with Gasteiger partial charge < -0.3 is 5.32 Å². The van der Waals surface area contributed by atoms with Gasteiger partial charge in [-0.1, -0.05) is 60.7 Å². The molecule has 3 nitrogen and oxygen atoms in total. The first-order chi connectivity index (χ1) is 10.3. The first kappa shape index (κ1) is 14.2. The number of rotatable bonds is 5. The van der Waals surface area contributed by atoms with Gasteiger partial charge in [-0.3, -0.25) is 0 Å². The van der Waals surface area contributed by atoms with Crippen LogP contribution in [0.15, 0.2) is 42.5 Å². The molecule has 1 aromatic heterocycles. The molecule has 0 bridgehead atoms. The van der Waals surface area contributed by atoms with Gasteiger partial charge in [0.05, 0.1) is 6.04 Å². The van der Waals surface area contributed by atoms with E-state index in [0.29, 0.717) is 0 Å². The second kappa shape index (κ2) is 6.33. The second-order valence-corrected chi connectivity index (χ2v) is 6.27. The second-order valence-electron chi connectivity index (χ2n) is 5.17. The largest absolute Gasteiger partial charge is 0.308 e. The molecule has 1 atom stereocenters. The first-order valence-electron chi connectivity index (χ1n) is 7.29. The molecule has 4 heteroatoms. The standard InChI is InChI=1S/C17H19N3S/c1-3-18-12(2)17-20-19-16(21-17)11-13-8-9-14-6-4-5-7-15(14)10-13/h4-10,12,18H,3,11H2,1-2H3. The van der Waals surface area contributed by atoms with Crippen molar-refractivity contribution < 1.29 is 0 Å². The van der Waals surface area contributed by atoms with Gasteiger partial charge >= 0.3 is 0 Å². The first-order valence-corrected chi connectivity index (χ1v) is 8.11. The van der Waals surface area contributed by atoms with Gasteiger partial charge in [0, 0.05) is 6.42 Å². The zero-order valence-electron chi connectivity index (χ0n) is 12.3. The lowest BCUT2D eigenvalue weighted by atomic mass is 10.1. The van der Waals surface area contributed by atoms with E-state index in [1.165, 1.54) is 16.3 Å². The number of hydrogen-bond acceptors (Lipinski definition) is 4. The molecule has 21 heavy (non-hydrogen) atoms. The van der Waals surface area contributed by atoms with Crippen LogP contribution in [0.1, 0.15) is 35.5 Å². The third-order valence-electron chi connectivity index (χ3n) is 3.53. The van der Waals surface area contributed by atoms with E-state index in [1.54, 1.807) is 11.3 Å². The number of nitrogens with zero attached hydrogens (tertiary/aromatic N) is 2. The van der Waals surface area contributed by atoms with Crippen LogP contribution in [0.4, 0.5) is 0 Å². The fourth-order valence-electron chi connectivity index (χ4n) is 2.43. The minimum atomic E-state index is 0.276. The van der Waals surface area contributed by atoms with E-state index >= 15 is 0 Å². The van der Waals surface area contributed by atoms with Gasteiger partial charge in [0.25, 0.3) is 0 Å². The van der Waals surface area contributed by atoms with Crippen molar-refractivity contribution in [3.63, 3.8) is 0 Å². The summed E-state index contributed by atoms with van der Waals surface area (Å²) in [6.07, 6.45) is 0.849. The van der Waals surface area contributed by atoms with Gasteiger partial charge in [-0.05, 0) is 29.8 Å². The van der Waals surface area contributed by atoms with Crippen molar-refractivity contribution in [2.45, 2.75) is 26.3 Å². The summed E-state index contributed by atoms with van der Waals surface area (Å²) in [6.45, 7) is 5.18. The highest BCUT2D eigenvalue weighted by Gasteiger charge is 2.11. The average molecular weight is 297 g/mol. The summed E-state index contributed by atoms with van der Waals surface area (Å²) in [4.78, 5) is 0. The molecule has 3 rings (SSSR count). The predicted molar refractivity (Wildman–Crippen MR) is 88.8 cm³/mol. The molecule has 0 aliphatic heterocycles. The van der Waals surface area contributed by atoms with Gasteiger partial charge in [0.1, 0.15) is 10.0 Å². The Bertz CT molecular complexity index is 735. The summed E-state index contributed by atoms with van der Waals surface area (Å²) in [6, 6.07) is 15.3. The SMILES string of the molecule is CCNC(C)c1nnc(Cc2ccc3ccccc3c2)s1. The van der Waals surface area contributed by atoms with Crippen LogP contribution in [0.25, 0.3) is 10.8 Å². The summed E-state index contributed by atoms with van der Waals surface area (Å²) < 4.78 is 0. The highest BCUT2D eigenvalue weighted by molar-refractivity contribution is 7.11. The summed E-state index contributed by atoms with van der Waals surface area (Å²) in [5.74, 6) is 0. The summed E-state index contributed by atoms with van der Waals surface area (Å²) in [7, 11) is 0. The summed E-state index contributed by atoms with van der Waals surface area (Å²) >= 11 is 1.70. The molecule has 108 valence electrons. The van der Waals surface area contributed by atoms with E-state index in [4.69, 9.17) is 0 Å². The molecule has 1 heterocycles. The lowest BCUT2D eigenvalue weighted by Crippen LogP contribution is -2.17. The molecule has 0 saturated carbocycles. The minimum Gasteiger partial charge on any atom is -0.308 e. The van der Waals surface area contributed by atoms with Gasteiger partial charge in [-0.25, -0.2) is 0 Å². The maximum atomic E-state index is 4.32. The zero-order chi connectivity index (χ0) is 14.7. The lowest BCUT2D eigenvalue weighted by molar-refractivity contribution is 0.589. The molecule has 1 unspecified atom stereocenters. The fraction of sp³-hybridized carbons (Fsp3) is 0.294. The molecule has 0 saturated heterocycles. The molecular weight excluding hydrogens is 278 g/mol. The normalized spacial score (nSPS) is 12.7. The van der Waals surface area contributed by atoms with Crippen LogP contribution < -0.4 is 5.32 Å². The molecule has 0 spiro atoms. The average Bonchev–Trinajstić information content (AvgIpc) is 2.96. The fourth-order valence-corrected chi connectivity index (χ4v) is 3.33. The van der Waals surface area contributed by atoms with Crippen LogP contribution in [0, 0.1) is 0 Å². The Morgan fingerprint density at radius 3 is 2.71 bits per heavy atom. The molecule has 3 aromatic rings. The van der Waals surface area contributed by atoms with Crippen LogP contribution >= 0.6 is 11.3 Å². The Hall–Kier alpha value is -1.78. The zero-order valence-corrected chi connectivity index (χ0v) is 13.2. The topological polar surface area (TPSA) is 37.8 Å². The van der Waals surface area contributed by atoms with Crippen LogP contribution in [0.3, 0.4) is 0 Å².